The van der Waals surface area contributed by atoms with Crippen molar-refractivity contribution in [2.75, 3.05) is 5.32 Å². The van der Waals surface area contributed by atoms with Gasteiger partial charge < -0.3 is 0 Å². The van der Waals surface area contributed by atoms with E-state index < -0.39 is 0 Å². The number of benzene rings is 1. The minimum Gasteiger partial charge on any atom is -0.296 e. The number of hydrogen-bond acceptors (Lipinski definition) is 7. The Labute approximate surface area is 273 Å². The molecule has 1 amide bonds. The van der Waals surface area contributed by atoms with E-state index in [0.29, 0.717) is 10.8 Å². The van der Waals surface area contributed by atoms with Gasteiger partial charge in [-0.15, -0.1) is 23.3 Å². The Morgan fingerprint density at radius 3 is 1.82 bits per heavy atom. The van der Waals surface area contributed by atoms with Crippen molar-refractivity contribution >= 4 is 34.9 Å². The van der Waals surface area contributed by atoms with Crippen molar-refractivity contribution < 1.29 is 16.1 Å². The van der Waals surface area contributed by atoms with Gasteiger partial charge in [0.2, 0.25) is 0 Å². The van der Waals surface area contributed by atoms with Crippen molar-refractivity contribution in [3.63, 3.8) is 0 Å². The van der Waals surface area contributed by atoms with Crippen LogP contribution in [0.5, 0.6) is 0 Å². The van der Waals surface area contributed by atoms with Gasteiger partial charge in [0, 0.05) is 24.3 Å². The van der Waals surface area contributed by atoms with E-state index in [2.05, 4.69) is 117 Å². The molecule has 2 aromatic heterocycles. The fourth-order valence-corrected chi connectivity index (χ4v) is 3.11. The van der Waals surface area contributed by atoms with Crippen LogP contribution in [0.15, 0.2) is 48.0 Å². The predicted octanol–water partition coefficient (Wildman–Crippen LogP) is 6.51. The monoisotopic (exact) mass is 618 g/mol. The van der Waals surface area contributed by atoms with Crippen LogP contribution >= 0.6 is 11.3 Å². The lowest BCUT2D eigenvalue weighted by atomic mass is 10.1. The number of aryl methyl sites for hydroxylation is 2. The standard InChI is InChI=1S/C17H15N3OS.C17H4.HN3.OS.5H2/c1-11-3-6-13(7-4-11)15-10-22-17(19-15)20-16(21)14-8-5-12(2)9-18-14;1-3-5-7-9-11-13-15-17-16-14-12-10-8-6-4-2;1-3-2;1-2;;;;;/h3-10H,1-2H3,(H,19,20,21);1H,2H3;1H;;5*1H. The zero-order chi connectivity index (χ0) is 32.8. The highest BCUT2D eigenvalue weighted by Gasteiger charge is 2.10. The SMILES string of the molecule is C#CC#CC#CC#CC#CC#CC#CC#CC.Cc1ccc(-c2csc(NC(=O)c3ccc(C)cn3)n2)cc1.O=S.[HH].[HH].[HH].[HH].[HH].[N-]=[N+]=N. The number of carbonyl (C=O) groups is 1. The molecular formula is C34H30N6O2S2. The molecule has 10 heteroatoms. The Kier molecular flexibility index (Phi) is 21.4. The van der Waals surface area contributed by atoms with E-state index in [1.165, 1.54) is 16.9 Å². The Morgan fingerprint density at radius 2 is 1.36 bits per heavy atom. The Hall–Kier alpha value is -6.72. The average molecular weight is 619 g/mol. The molecule has 0 atom stereocenters. The number of pyridine rings is 1. The molecule has 3 aromatic rings. The summed E-state index contributed by atoms with van der Waals surface area (Å²) in [5, 5.41) is 5.29. The number of thiazole rings is 1. The van der Waals surface area contributed by atoms with E-state index in [-0.39, 0.29) is 13.0 Å². The van der Waals surface area contributed by atoms with Gasteiger partial charge in [-0.05, 0) is 126 Å². The summed E-state index contributed by atoms with van der Waals surface area (Å²) in [4.78, 5) is 22.4. The molecule has 0 spiro atoms. The van der Waals surface area contributed by atoms with Crippen molar-refractivity contribution in [3.8, 4) is 106 Å². The maximum atomic E-state index is 12.1. The second-order valence-corrected chi connectivity index (χ2v) is 8.06. The Bertz CT molecular complexity index is 1960. The summed E-state index contributed by atoms with van der Waals surface area (Å²) in [6, 6.07) is 11.7. The van der Waals surface area contributed by atoms with Gasteiger partial charge in [-0.1, -0.05) is 41.8 Å². The summed E-state index contributed by atoms with van der Waals surface area (Å²) in [5.41, 5.74) is 16.8. The van der Waals surface area contributed by atoms with Crippen LogP contribution in [0.1, 0.15) is 35.7 Å². The highest BCUT2D eigenvalue weighted by molar-refractivity contribution is 7.44. The van der Waals surface area contributed by atoms with Crippen LogP contribution in [0, 0.1) is 115 Å². The van der Waals surface area contributed by atoms with Gasteiger partial charge in [-0.3, -0.25) is 15.1 Å². The molecule has 0 aliphatic heterocycles. The number of nitrogens with one attached hydrogen (secondary N) is 2. The molecule has 2 N–H and O–H groups in total. The first kappa shape index (κ1) is 37.3. The highest BCUT2D eigenvalue weighted by atomic mass is 32.1. The topological polar surface area (TPSA) is 132 Å². The van der Waals surface area contributed by atoms with Gasteiger partial charge in [0.15, 0.2) is 17.7 Å². The molecular weight excluding hydrogens is 589 g/mol. The van der Waals surface area contributed by atoms with Crippen molar-refractivity contribution in [2.24, 2.45) is 0 Å². The Balaban J connectivity index is -0.000000156. The zero-order valence-electron chi connectivity index (χ0n) is 23.6. The first-order chi connectivity index (χ1) is 21.4. The molecule has 0 bridgehead atoms. The average Bonchev–Trinajstić information content (AvgIpc) is 3.50. The van der Waals surface area contributed by atoms with Crippen LogP contribution in [0.4, 0.5) is 5.13 Å². The zero-order valence-corrected chi connectivity index (χ0v) is 25.3. The number of rotatable bonds is 3. The van der Waals surface area contributed by atoms with Crippen LogP contribution in [0.25, 0.3) is 21.7 Å². The molecule has 0 aliphatic rings. The first-order valence-corrected chi connectivity index (χ1v) is 13.0. The first-order valence-electron chi connectivity index (χ1n) is 11.8. The Morgan fingerprint density at radius 1 is 0.886 bits per heavy atom. The molecule has 8 nitrogen and oxygen atoms in total. The minimum absolute atomic E-state index is 0. The molecule has 0 fully saturated rings. The minimum atomic E-state index is -0.246. The molecule has 0 radical (unpaired) electrons. The van der Waals surface area contributed by atoms with Gasteiger partial charge in [0.1, 0.15) is 5.69 Å². The maximum Gasteiger partial charge on any atom is 0.276 e. The van der Waals surface area contributed by atoms with Crippen LogP contribution in [0.2, 0.25) is 0 Å². The van der Waals surface area contributed by atoms with Crippen LogP contribution < -0.4 is 5.32 Å². The number of amides is 1. The molecule has 44 heavy (non-hydrogen) atoms. The van der Waals surface area contributed by atoms with E-state index in [1.54, 1.807) is 24.1 Å². The largest absolute Gasteiger partial charge is 0.296 e. The van der Waals surface area contributed by atoms with E-state index in [0.717, 1.165) is 16.8 Å². The quantitative estimate of drug-likeness (QED) is 0.150. The van der Waals surface area contributed by atoms with Crippen molar-refractivity contribution in [3.05, 3.63) is 75.2 Å². The molecule has 220 valence electrons. The van der Waals surface area contributed by atoms with Crippen LogP contribution in [-0.4, -0.2) is 20.1 Å². The fraction of sp³-hybridized carbons (Fsp3) is 0.0882. The number of carbonyl (C=O) groups excluding carboxylic acids is 1. The lowest BCUT2D eigenvalue weighted by Crippen LogP contribution is -2.13. The van der Waals surface area contributed by atoms with E-state index in [4.69, 9.17) is 21.7 Å². The van der Waals surface area contributed by atoms with Crippen molar-refractivity contribution in [1.29, 1.82) is 5.53 Å². The van der Waals surface area contributed by atoms with Gasteiger partial charge in [-0.25, -0.2) is 4.98 Å². The van der Waals surface area contributed by atoms with Crippen LogP contribution in [-0.2, 0) is 12.5 Å². The lowest BCUT2D eigenvalue weighted by molar-refractivity contribution is 0.102. The molecule has 1 aromatic carbocycles. The summed E-state index contributed by atoms with van der Waals surface area (Å²) in [7, 11) is 0. The van der Waals surface area contributed by atoms with Gasteiger partial charge in [0.05, 0.1) is 5.69 Å². The summed E-state index contributed by atoms with van der Waals surface area (Å²) in [6.45, 7) is 5.68. The van der Waals surface area contributed by atoms with Gasteiger partial charge in [-0.2, -0.15) is 4.21 Å². The van der Waals surface area contributed by atoms with Gasteiger partial charge >= 0.3 is 0 Å². The van der Waals surface area contributed by atoms with Crippen molar-refractivity contribution in [2.45, 2.75) is 20.8 Å². The number of terminal acetylenes is 1. The summed E-state index contributed by atoms with van der Waals surface area (Å²) >= 11 is 4.24. The molecule has 0 saturated carbocycles. The number of hydrogen-bond donors (Lipinski definition) is 2. The smallest absolute Gasteiger partial charge is 0.276 e. The van der Waals surface area contributed by atoms with E-state index >= 15 is 0 Å². The fourth-order valence-electron chi connectivity index (χ4n) is 2.39. The highest BCUT2D eigenvalue weighted by Crippen LogP contribution is 2.25. The third-order valence-corrected chi connectivity index (χ3v) is 4.92. The lowest BCUT2D eigenvalue weighted by Gasteiger charge is -2.01. The molecule has 0 aliphatic carbocycles. The summed E-state index contributed by atoms with van der Waals surface area (Å²) in [5.74, 6) is 36.7. The normalized spacial score (nSPS) is 6.95. The van der Waals surface area contributed by atoms with E-state index in [9.17, 15) is 4.79 Å². The van der Waals surface area contributed by atoms with Crippen molar-refractivity contribution in [1.82, 2.24) is 9.97 Å². The number of aromatic nitrogens is 2. The molecule has 0 saturated heterocycles. The van der Waals surface area contributed by atoms with E-state index in [1.807, 2.05) is 49.6 Å². The molecule has 2 heterocycles. The second kappa shape index (κ2) is 25.3. The van der Waals surface area contributed by atoms with Crippen LogP contribution in [0.3, 0.4) is 0 Å². The van der Waals surface area contributed by atoms with Gasteiger partial charge in [0.25, 0.3) is 5.91 Å². The third-order valence-electron chi connectivity index (χ3n) is 4.16. The number of anilines is 1. The second-order valence-electron chi connectivity index (χ2n) is 7.20. The summed E-state index contributed by atoms with van der Waals surface area (Å²) in [6.07, 6.45) is 6.56. The maximum absolute atomic E-state index is 12.1. The summed E-state index contributed by atoms with van der Waals surface area (Å²) < 4.78 is 7.83. The third kappa shape index (κ3) is 17.8. The molecule has 0 unspecified atom stereocenters. The number of nitrogens with zero attached hydrogens (tertiary/aromatic N) is 4. The predicted molar refractivity (Wildman–Crippen MR) is 186 cm³/mol. The molecule has 3 rings (SSSR count).